The second-order valence-electron chi connectivity index (χ2n) is 1.32. The van der Waals surface area contributed by atoms with Gasteiger partial charge in [-0.3, -0.25) is 0 Å². The molecule has 0 spiro atoms. The number of aliphatic hydroxyl groups is 1. The van der Waals surface area contributed by atoms with Crippen LogP contribution < -0.4 is 0 Å². The normalized spacial score (nSPS) is 15.3. The summed E-state index contributed by atoms with van der Waals surface area (Å²) in [6.45, 7) is 1.72. The minimum absolute atomic E-state index is 0.308. The second kappa shape index (κ2) is 4.34. The fraction of sp³-hybridized carbons (Fsp3) is 0.600. The van der Waals surface area contributed by atoms with Crippen molar-refractivity contribution in [3.05, 3.63) is 12.2 Å². The van der Waals surface area contributed by atoms with Crippen LogP contribution in [0.4, 0.5) is 0 Å². The highest BCUT2D eigenvalue weighted by molar-refractivity contribution is 9.09. The number of hydrogen-bond acceptors (Lipinski definition) is 1. The lowest BCUT2D eigenvalue weighted by Gasteiger charge is -1.88. The number of allylic oxidation sites excluding steroid dienone is 1. The summed E-state index contributed by atoms with van der Waals surface area (Å²) in [6.07, 6.45) is 3.29. The van der Waals surface area contributed by atoms with E-state index in [4.69, 9.17) is 5.11 Å². The maximum Gasteiger partial charge on any atom is 0.0693 e. The topological polar surface area (TPSA) is 20.2 Å². The lowest BCUT2D eigenvalue weighted by Crippen LogP contribution is -1.91. The number of rotatable bonds is 2. The van der Waals surface area contributed by atoms with Gasteiger partial charge in [-0.15, -0.1) is 0 Å². The fourth-order valence-corrected chi connectivity index (χ4v) is 0.464. The smallest absolute Gasteiger partial charge is 0.0693 e. The minimum Gasteiger partial charge on any atom is -0.389 e. The van der Waals surface area contributed by atoms with Crippen LogP contribution in [-0.2, 0) is 0 Å². The van der Waals surface area contributed by atoms with Gasteiger partial charge in [-0.05, 0) is 6.92 Å². The summed E-state index contributed by atoms with van der Waals surface area (Å²) < 4.78 is 0. The zero-order valence-corrected chi connectivity index (χ0v) is 5.85. The number of hydrogen-bond donors (Lipinski definition) is 1. The van der Waals surface area contributed by atoms with E-state index in [0.717, 1.165) is 5.33 Å². The van der Waals surface area contributed by atoms with Gasteiger partial charge in [0, 0.05) is 5.33 Å². The first-order valence-electron chi connectivity index (χ1n) is 2.18. The first-order chi connectivity index (χ1) is 3.27. The molecule has 1 nitrogen and oxygen atoms in total. The van der Waals surface area contributed by atoms with Gasteiger partial charge in [0.05, 0.1) is 6.10 Å². The third-order valence-corrected chi connectivity index (χ3v) is 0.878. The molecule has 0 amide bonds. The van der Waals surface area contributed by atoms with Crippen molar-refractivity contribution in [2.45, 2.75) is 13.0 Å². The summed E-state index contributed by atoms with van der Waals surface area (Å²) in [5.41, 5.74) is 0. The van der Waals surface area contributed by atoms with Gasteiger partial charge in [-0.2, -0.15) is 0 Å². The maximum absolute atomic E-state index is 8.58. The first kappa shape index (κ1) is 7.18. The molecule has 0 aromatic heterocycles. The molecule has 7 heavy (non-hydrogen) atoms. The van der Waals surface area contributed by atoms with Crippen molar-refractivity contribution in [1.29, 1.82) is 0 Å². The molecular formula is C5H9BrO. The molecular weight excluding hydrogens is 156 g/mol. The van der Waals surface area contributed by atoms with Crippen LogP contribution >= 0.6 is 15.9 Å². The molecule has 0 aliphatic carbocycles. The van der Waals surface area contributed by atoms with Crippen LogP contribution in [0.3, 0.4) is 0 Å². The van der Waals surface area contributed by atoms with E-state index in [-0.39, 0.29) is 6.10 Å². The molecule has 0 radical (unpaired) electrons. The van der Waals surface area contributed by atoms with Crippen molar-refractivity contribution < 1.29 is 5.11 Å². The van der Waals surface area contributed by atoms with Crippen molar-refractivity contribution in [2.24, 2.45) is 0 Å². The van der Waals surface area contributed by atoms with Crippen molar-refractivity contribution in [2.75, 3.05) is 5.33 Å². The molecule has 0 aromatic rings. The Morgan fingerprint density at radius 2 is 2.43 bits per heavy atom. The zero-order chi connectivity index (χ0) is 5.70. The van der Waals surface area contributed by atoms with Crippen LogP contribution in [0.5, 0.6) is 0 Å². The first-order valence-corrected chi connectivity index (χ1v) is 3.30. The molecule has 0 aliphatic heterocycles. The van der Waals surface area contributed by atoms with Gasteiger partial charge in [0.1, 0.15) is 0 Å². The van der Waals surface area contributed by atoms with Gasteiger partial charge in [0.15, 0.2) is 0 Å². The largest absolute Gasteiger partial charge is 0.389 e. The Balaban J connectivity index is 3.08. The van der Waals surface area contributed by atoms with Crippen molar-refractivity contribution in [1.82, 2.24) is 0 Å². The molecule has 0 aliphatic rings. The van der Waals surface area contributed by atoms with E-state index in [1.807, 2.05) is 6.08 Å². The Morgan fingerprint density at radius 1 is 1.86 bits per heavy atom. The maximum atomic E-state index is 8.58. The lowest BCUT2D eigenvalue weighted by molar-refractivity contribution is 0.244. The average molecular weight is 165 g/mol. The third-order valence-electron chi connectivity index (χ3n) is 0.504. The van der Waals surface area contributed by atoms with Crippen molar-refractivity contribution in [3.63, 3.8) is 0 Å². The van der Waals surface area contributed by atoms with Gasteiger partial charge in [0.25, 0.3) is 0 Å². The van der Waals surface area contributed by atoms with Crippen molar-refractivity contribution in [3.8, 4) is 0 Å². The highest BCUT2D eigenvalue weighted by Crippen LogP contribution is 1.85. The van der Waals surface area contributed by atoms with E-state index in [2.05, 4.69) is 15.9 Å². The molecule has 1 atom stereocenters. The van der Waals surface area contributed by atoms with E-state index in [1.165, 1.54) is 0 Å². The molecule has 0 heterocycles. The van der Waals surface area contributed by atoms with Crippen LogP contribution in [0.2, 0.25) is 0 Å². The minimum atomic E-state index is -0.308. The monoisotopic (exact) mass is 164 g/mol. The summed E-state index contributed by atoms with van der Waals surface area (Å²) in [5.74, 6) is 0. The summed E-state index contributed by atoms with van der Waals surface area (Å²) in [7, 11) is 0. The molecule has 0 rings (SSSR count). The molecule has 0 saturated heterocycles. The van der Waals surface area contributed by atoms with Gasteiger partial charge in [-0.1, -0.05) is 28.1 Å². The second-order valence-corrected chi connectivity index (χ2v) is 1.97. The number of aliphatic hydroxyl groups excluding tert-OH is 1. The molecule has 2 heteroatoms. The molecule has 0 aromatic carbocycles. The standard InChI is InChI=1S/C5H9BrO/c1-5(7)3-2-4-6/h2-3,5,7H,4H2,1H3. The Hall–Kier alpha value is 0.180. The Kier molecular flexibility index (Phi) is 4.45. The summed E-state index contributed by atoms with van der Waals surface area (Å²) >= 11 is 3.18. The predicted octanol–water partition coefficient (Wildman–Crippen LogP) is 1.32. The third kappa shape index (κ3) is 6.18. The van der Waals surface area contributed by atoms with Crippen LogP contribution in [0, 0.1) is 0 Å². The Bertz CT molecular complexity index is 59.1. The van der Waals surface area contributed by atoms with Crippen LogP contribution in [0.15, 0.2) is 12.2 Å². The molecule has 1 unspecified atom stereocenters. The summed E-state index contributed by atoms with van der Waals surface area (Å²) in [6, 6.07) is 0. The van der Waals surface area contributed by atoms with E-state index in [1.54, 1.807) is 13.0 Å². The summed E-state index contributed by atoms with van der Waals surface area (Å²) in [4.78, 5) is 0. The SMILES string of the molecule is CC(O)C=CCBr. The highest BCUT2D eigenvalue weighted by Gasteiger charge is 1.80. The summed E-state index contributed by atoms with van der Waals surface area (Å²) in [5, 5.41) is 9.39. The van der Waals surface area contributed by atoms with Crippen LogP contribution in [0.1, 0.15) is 6.92 Å². The molecule has 1 N–H and O–H groups in total. The average Bonchev–Trinajstić information content (AvgIpc) is 1.61. The fourth-order valence-electron chi connectivity index (χ4n) is 0.248. The van der Waals surface area contributed by atoms with Crippen LogP contribution in [-0.4, -0.2) is 16.5 Å². The van der Waals surface area contributed by atoms with Crippen LogP contribution in [0.25, 0.3) is 0 Å². The van der Waals surface area contributed by atoms with E-state index in [0.29, 0.717) is 0 Å². The molecule has 0 bridgehead atoms. The van der Waals surface area contributed by atoms with E-state index >= 15 is 0 Å². The zero-order valence-electron chi connectivity index (χ0n) is 4.26. The number of alkyl halides is 1. The van der Waals surface area contributed by atoms with E-state index in [9.17, 15) is 0 Å². The quantitative estimate of drug-likeness (QED) is 0.483. The number of halogens is 1. The van der Waals surface area contributed by atoms with Gasteiger partial charge in [0.2, 0.25) is 0 Å². The van der Waals surface area contributed by atoms with Gasteiger partial charge < -0.3 is 5.11 Å². The Morgan fingerprint density at radius 3 is 2.57 bits per heavy atom. The predicted molar refractivity (Wildman–Crippen MR) is 34.6 cm³/mol. The Labute approximate surface area is 52.2 Å². The van der Waals surface area contributed by atoms with E-state index < -0.39 is 0 Å². The van der Waals surface area contributed by atoms with Gasteiger partial charge >= 0.3 is 0 Å². The van der Waals surface area contributed by atoms with Crippen molar-refractivity contribution >= 4 is 15.9 Å². The molecule has 0 saturated carbocycles. The van der Waals surface area contributed by atoms with Gasteiger partial charge in [-0.25, -0.2) is 0 Å². The lowest BCUT2D eigenvalue weighted by atomic mass is 10.4. The highest BCUT2D eigenvalue weighted by atomic mass is 79.9. The molecule has 42 valence electrons. The molecule has 0 fully saturated rings.